The maximum Gasteiger partial charge on any atom is 0.416 e. The highest BCUT2D eigenvalue weighted by Gasteiger charge is 2.31. The number of benzene rings is 1. The molecular formula is C16H20F3N3OS. The zero-order valence-corrected chi connectivity index (χ0v) is 14.6. The first-order valence-corrected chi connectivity index (χ1v) is 8.67. The molecule has 2 rings (SSSR count). The first kappa shape index (κ1) is 18.6. The highest BCUT2D eigenvalue weighted by Crippen LogP contribution is 2.33. The lowest BCUT2D eigenvalue weighted by Crippen LogP contribution is -2.30. The molecule has 1 aromatic carbocycles. The second-order valence-electron chi connectivity index (χ2n) is 5.40. The van der Waals surface area contributed by atoms with Gasteiger partial charge in [0.2, 0.25) is 5.91 Å². The molecular weight excluding hydrogens is 339 g/mol. The number of fused-ring (bicyclic) bond motifs is 1. The summed E-state index contributed by atoms with van der Waals surface area (Å²) in [5.41, 5.74) is 0.250. The zero-order chi connectivity index (χ0) is 17.9. The van der Waals surface area contributed by atoms with Gasteiger partial charge >= 0.3 is 6.18 Å². The Morgan fingerprint density at radius 3 is 2.67 bits per heavy atom. The van der Waals surface area contributed by atoms with Crippen LogP contribution in [0.15, 0.2) is 23.4 Å². The highest BCUT2D eigenvalue weighted by molar-refractivity contribution is 8.00. The topological polar surface area (TPSA) is 46.9 Å². The van der Waals surface area contributed by atoms with E-state index in [9.17, 15) is 18.0 Å². The Kier molecular flexibility index (Phi) is 5.79. The molecule has 8 heteroatoms. The second kappa shape index (κ2) is 7.46. The van der Waals surface area contributed by atoms with Gasteiger partial charge in [-0.15, -0.1) is 0 Å². The Balaban J connectivity index is 2.42. The molecule has 1 aromatic heterocycles. The van der Waals surface area contributed by atoms with Gasteiger partial charge in [0.25, 0.3) is 0 Å². The summed E-state index contributed by atoms with van der Waals surface area (Å²) in [7, 11) is 0. The first-order valence-electron chi connectivity index (χ1n) is 7.79. The van der Waals surface area contributed by atoms with Crippen molar-refractivity contribution in [3.8, 4) is 0 Å². The third-order valence-electron chi connectivity index (χ3n) is 3.49. The minimum Gasteiger partial charge on any atom is -0.355 e. The van der Waals surface area contributed by atoms with Crippen LogP contribution in [-0.2, 0) is 17.5 Å². The van der Waals surface area contributed by atoms with E-state index in [0.717, 1.165) is 18.6 Å². The summed E-state index contributed by atoms with van der Waals surface area (Å²) in [5.74, 6) is -0.117. The van der Waals surface area contributed by atoms with E-state index in [0.29, 0.717) is 29.3 Å². The summed E-state index contributed by atoms with van der Waals surface area (Å²) in [4.78, 5) is 16.3. The molecule has 24 heavy (non-hydrogen) atoms. The average molecular weight is 359 g/mol. The summed E-state index contributed by atoms with van der Waals surface area (Å²) >= 11 is 1.26. The van der Waals surface area contributed by atoms with E-state index in [4.69, 9.17) is 0 Å². The van der Waals surface area contributed by atoms with Crippen molar-refractivity contribution in [3.63, 3.8) is 0 Å². The molecule has 0 saturated heterocycles. The maximum atomic E-state index is 13.0. The number of carbonyl (C=O) groups excluding carboxylic acids is 1. The number of imidazole rings is 1. The fourth-order valence-corrected chi connectivity index (χ4v) is 3.31. The van der Waals surface area contributed by atoms with E-state index >= 15 is 0 Å². The van der Waals surface area contributed by atoms with Crippen LogP contribution in [0.5, 0.6) is 0 Å². The summed E-state index contributed by atoms with van der Waals surface area (Å²) in [6.07, 6.45) is -3.64. The lowest BCUT2D eigenvalue weighted by molar-refractivity contribution is -0.137. The van der Waals surface area contributed by atoms with Gasteiger partial charge in [-0.3, -0.25) is 4.79 Å². The summed E-state index contributed by atoms with van der Waals surface area (Å²) in [5, 5.41) is 2.92. The summed E-state index contributed by atoms with van der Waals surface area (Å²) in [6.45, 7) is 6.61. The number of rotatable bonds is 6. The van der Waals surface area contributed by atoms with Crippen LogP contribution in [0.2, 0.25) is 0 Å². The number of carbonyl (C=O) groups is 1. The molecule has 0 bridgehead atoms. The number of nitrogens with one attached hydrogen (secondary N) is 1. The lowest BCUT2D eigenvalue weighted by atomic mass is 10.2. The van der Waals surface area contributed by atoms with Gasteiger partial charge in [-0.2, -0.15) is 13.2 Å². The Labute approximate surface area is 142 Å². The van der Waals surface area contributed by atoms with E-state index in [-0.39, 0.29) is 11.2 Å². The van der Waals surface area contributed by atoms with Crippen LogP contribution in [0.25, 0.3) is 11.0 Å². The van der Waals surface area contributed by atoms with Crippen molar-refractivity contribution in [2.24, 2.45) is 0 Å². The van der Waals surface area contributed by atoms with Gasteiger partial charge in [-0.05, 0) is 38.5 Å². The number of aryl methyl sites for hydroxylation is 1. The molecule has 4 nitrogen and oxygen atoms in total. The van der Waals surface area contributed by atoms with Gasteiger partial charge in [-0.1, -0.05) is 18.7 Å². The molecule has 0 spiro atoms. The molecule has 0 saturated carbocycles. The van der Waals surface area contributed by atoms with Gasteiger partial charge in [0.05, 0.1) is 21.8 Å². The molecule has 0 radical (unpaired) electrons. The molecule has 1 atom stereocenters. The van der Waals surface area contributed by atoms with Crippen LogP contribution in [0.4, 0.5) is 13.2 Å². The summed E-state index contributed by atoms with van der Waals surface area (Å²) in [6, 6.07) is 3.54. The molecule has 1 amide bonds. The quantitative estimate of drug-likeness (QED) is 0.791. The normalized spacial score (nSPS) is 13.2. The number of halogens is 3. The van der Waals surface area contributed by atoms with Crippen molar-refractivity contribution < 1.29 is 18.0 Å². The highest BCUT2D eigenvalue weighted by atomic mass is 32.2. The molecule has 132 valence electrons. The van der Waals surface area contributed by atoms with Crippen molar-refractivity contribution in [3.05, 3.63) is 23.8 Å². The van der Waals surface area contributed by atoms with E-state index in [1.54, 1.807) is 11.5 Å². The molecule has 0 unspecified atom stereocenters. The molecule has 0 aliphatic heterocycles. The number of thioether (sulfide) groups is 1. The van der Waals surface area contributed by atoms with Gasteiger partial charge in [0.1, 0.15) is 0 Å². The van der Waals surface area contributed by atoms with E-state index < -0.39 is 11.7 Å². The zero-order valence-electron chi connectivity index (χ0n) is 13.8. The first-order chi connectivity index (χ1) is 11.3. The Hall–Kier alpha value is -1.70. The van der Waals surface area contributed by atoms with Crippen molar-refractivity contribution >= 4 is 28.7 Å². The van der Waals surface area contributed by atoms with Crippen LogP contribution < -0.4 is 5.32 Å². The number of alkyl halides is 3. The molecule has 1 N–H and O–H groups in total. The Morgan fingerprint density at radius 2 is 2.08 bits per heavy atom. The van der Waals surface area contributed by atoms with Crippen LogP contribution >= 0.6 is 11.8 Å². The van der Waals surface area contributed by atoms with Crippen LogP contribution in [0, 0.1) is 0 Å². The average Bonchev–Trinajstić information content (AvgIpc) is 2.84. The SMILES string of the molecule is CCCn1c(S[C@@H](C)C(=O)NCC)nc2ccc(C(F)(F)F)cc21. The molecule has 0 aliphatic rings. The smallest absolute Gasteiger partial charge is 0.355 e. The van der Waals surface area contributed by atoms with Gasteiger partial charge < -0.3 is 9.88 Å². The number of nitrogens with zero attached hydrogens (tertiary/aromatic N) is 2. The van der Waals surface area contributed by atoms with E-state index in [1.165, 1.54) is 17.8 Å². The third kappa shape index (κ3) is 4.03. The third-order valence-corrected chi connectivity index (χ3v) is 4.58. The van der Waals surface area contributed by atoms with Crippen molar-refractivity contribution in [2.75, 3.05) is 6.54 Å². The van der Waals surface area contributed by atoms with Crippen LogP contribution in [0.1, 0.15) is 32.8 Å². The minimum atomic E-state index is -4.39. The predicted molar refractivity (Wildman–Crippen MR) is 89.0 cm³/mol. The lowest BCUT2D eigenvalue weighted by Gasteiger charge is -2.12. The Morgan fingerprint density at radius 1 is 1.38 bits per heavy atom. The van der Waals surface area contributed by atoms with E-state index in [1.807, 2.05) is 13.8 Å². The van der Waals surface area contributed by atoms with Crippen LogP contribution in [0.3, 0.4) is 0 Å². The summed E-state index contributed by atoms with van der Waals surface area (Å²) < 4.78 is 40.6. The van der Waals surface area contributed by atoms with Crippen molar-refractivity contribution in [1.82, 2.24) is 14.9 Å². The standard InChI is InChI=1S/C16H20F3N3OS/c1-4-8-22-13-9-11(16(17,18)19)6-7-12(13)21-15(22)24-10(3)14(23)20-5-2/h6-7,9-10H,4-5,8H2,1-3H3,(H,20,23)/t10-/m0/s1. The monoisotopic (exact) mass is 359 g/mol. The minimum absolute atomic E-state index is 0.117. The number of hydrogen-bond acceptors (Lipinski definition) is 3. The fraction of sp³-hybridized carbons (Fsp3) is 0.500. The Bertz CT molecular complexity index is 727. The van der Waals surface area contributed by atoms with Crippen LogP contribution in [-0.4, -0.2) is 27.3 Å². The van der Waals surface area contributed by atoms with Crippen molar-refractivity contribution in [1.29, 1.82) is 0 Å². The predicted octanol–water partition coefficient (Wildman–Crippen LogP) is 4.08. The molecule has 0 fully saturated rings. The van der Waals surface area contributed by atoms with E-state index in [2.05, 4.69) is 10.3 Å². The maximum absolute atomic E-state index is 13.0. The second-order valence-corrected chi connectivity index (χ2v) is 6.71. The molecule has 0 aliphatic carbocycles. The number of amides is 1. The van der Waals surface area contributed by atoms with Crippen molar-refractivity contribution in [2.45, 2.75) is 50.3 Å². The number of aromatic nitrogens is 2. The van der Waals surface area contributed by atoms with Gasteiger partial charge in [0.15, 0.2) is 5.16 Å². The molecule has 1 heterocycles. The molecule has 2 aromatic rings. The van der Waals surface area contributed by atoms with Gasteiger partial charge in [-0.25, -0.2) is 4.98 Å². The fourth-order valence-electron chi connectivity index (χ4n) is 2.34. The number of hydrogen-bond donors (Lipinski definition) is 1. The van der Waals surface area contributed by atoms with Gasteiger partial charge in [0, 0.05) is 13.1 Å². The largest absolute Gasteiger partial charge is 0.416 e.